The van der Waals surface area contributed by atoms with Crippen LogP contribution in [0.3, 0.4) is 0 Å². The van der Waals surface area contributed by atoms with E-state index >= 15 is 0 Å². The Balaban J connectivity index is 3.62. The summed E-state index contributed by atoms with van der Waals surface area (Å²) in [6, 6.07) is 0. The second-order valence-corrected chi connectivity index (χ2v) is 5.67. The number of rotatable bonds is 13. The zero-order valence-corrected chi connectivity index (χ0v) is 13.6. The number of hydrogen-bond donors (Lipinski definition) is 0. The molecular formula is C17H34O2. The molecule has 0 aromatic carbocycles. The zero-order chi connectivity index (χ0) is 14.6. The summed E-state index contributed by atoms with van der Waals surface area (Å²) in [6.07, 6.45) is 11.7. The predicted molar refractivity (Wildman–Crippen MR) is 82.6 cm³/mol. The third-order valence-corrected chi connectivity index (χ3v) is 3.98. The molecule has 0 radical (unpaired) electrons. The lowest BCUT2D eigenvalue weighted by Crippen LogP contribution is -2.37. The highest BCUT2D eigenvalue weighted by Gasteiger charge is 2.30. The fourth-order valence-electron chi connectivity index (χ4n) is 2.38. The summed E-state index contributed by atoms with van der Waals surface area (Å²) in [4.78, 5) is 12.1. The second-order valence-electron chi connectivity index (χ2n) is 5.67. The number of hydrogen-bond acceptors (Lipinski definition) is 2. The molecule has 2 heteroatoms. The minimum atomic E-state index is -0.546. The lowest BCUT2D eigenvalue weighted by Gasteiger charge is -2.26. The van der Waals surface area contributed by atoms with E-state index in [2.05, 4.69) is 6.92 Å². The number of carbonyl (C=O) groups is 1. The van der Waals surface area contributed by atoms with Crippen molar-refractivity contribution in [1.29, 1.82) is 0 Å². The van der Waals surface area contributed by atoms with Crippen molar-refractivity contribution in [2.75, 3.05) is 6.61 Å². The minimum absolute atomic E-state index is 0.280. The van der Waals surface area contributed by atoms with Gasteiger partial charge >= 0.3 is 0 Å². The van der Waals surface area contributed by atoms with Gasteiger partial charge in [-0.15, -0.1) is 0 Å². The molecule has 0 bridgehead atoms. The highest BCUT2D eigenvalue weighted by molar-refractivity contribution is 5.86. The fourth-order valence-corrected chi connectivity index (χ4v) is 2.38. The molecule has 0 aliphatic heterocycles. The zero-order valence-electron chi connectivity index (χ0n) is 13.6. The number of ketones is 1. The van der Waals surface area contributed by atoms with E-state index in [0.717, 1.165) is 12.8 Å². The van der Waals surface area contributed by atoms with Gasteiger partial charge in [-0.3, -0.25) is 4.79 Å². The Morgan fingerprint density at radius 2 is 1.42 bits per heavy atom. The van der Waals surface area contributed by atoms with E-state index in [4.69, 9.17) is 4.74 Å². The summed E-state index contributed by atoms with van der Waals surface area (Å²) < 4.78 is 5.61. The molecule has 0 saturated carbocycles. The molecular weight excluding hydrogens is 236 g/mol. The van der Waals surface area contributed by atoms with Crippen LogP contribution in [0.25, 0.3) is 0 Å². The summed E-state index contributed by atoms with van der Waals surface area (Å²) >= 11 is 0. The Bertz CT molecular complexity index is 225. The van der Waals surface area contributed by atoms with Gasteiger partial charge in [-0.2, -0.15) is 0 Å². The van der Waals surface area contributed by atoms with E-state index in [-0.39, 0.29) is 5.78 Å². The number of ether oxygens (including phenoxy) is 1. The summed E-state index contributed by atoms with van der Waals surface area (Å²) in [5.74, 6) is 0.280. The summed E-state index contributed by atoms with van der Waals surface area (Å²) in [6.45, 7) is 8.78. The Kier molecular flexibility index (Phi) is 11.2. The van der Waals surface area contributed by atoms with Crippen molar-refractivity contribution in [2.24, 2.45) is 0 Å². The van der Waals surface area contributed by atoms with Crippen LogP contribution in [0.2, 0.25) is 0 Å². The van der Waals surface area contributed by atoms with Gasteiger partial charge in [0.05, 0.1) is 0 Å². The molecule has 0 spiro atoms. The third kappa shape index (κ3) is 8.41. The highest BCUT2D eigenvalue weighted by atomic mass is 16.5. The summed E-state index contributed by atoms with van der Waals surface area (Å²) in [5, 5.41) is 0. The van der Waals surface area contributed by atoms with Crippen LogP contribution in [0.4, 0.5) is 0 Å². The highest BCUT2D eigenvalue weighted by Crippen LogP contribution is 2.20. The normalized spacial score (nSPS) is 14.3. The molecule has 0 aromatic rings. The maximum Gasteiger partial charge on any atom is 0.164 e. The minimum Gasteiger partial charge on any atom is -0.368 e. The van der Waals surface area contributed by atoms with Crippen molar-refractivity contribution in [2.45, 2.75) is 97.5 Å². The molecule has 0 rings (SSSR count). The molecule has 1 unspecified atom stereocenters. The molecule has 0 aromatic heterocycles. The Hall–Kier alpha value is -0.370. The van der Waals surface area contributed by atoms with Crippen LogP contribution in [-0.2, 0) is 9.53 Å². The van der Waals surface area contributed by atoms with Gasteiger partial charge in [0.15, 0.2) is 5.78 Å². The van der Waals surface area contributed by atoms with Crippen molar-refractivity contribution in [3.8, 4) is 0 Å². The third-order valence-electron chi connectivity index (χ3n) is 3.98. The second kappa shape index (κ2) is 11.5. The van der Waals surface area contributed by atoms with Gasteiger partial charge in [-0.25, -0.2) is 0 Å². The molecule has 0 saturated heterocycles. The van der Waals surface area contributed by atoms with Crippen LogP contribution in [0, 0.1) is 0 Å². The lowest BCUT2D eigenvalue weighted by atomic mass is 9.93. The SMILES string of the molecule is CCCCCCCCCCC(=O)C(C)(CC)OCC. The number of Topliss-reactive ketones (excluding diaryl/α,β-unsaturated/α-hetero) is 1. The van der Waals surface area contributed by atoms with E-state index in [1.807, 2.05) is 20.8 Å². The van der Waals surface area contributed by atoms with E-state index in [1.54, 1.807) is 0 Å². The van der Waals surface area contributed by atoms with Crippen LogP contribution in [-0.4, -0.2) is 18.0 Å². The van der Waals surface area contributed by atoms with Gasteiger partial charge in [0, 0.05) is 13.0 Å². The molecule has 19 heavy (non-hydrogen) atoms. The predicted octanol–water partition coefficient (Wildman–Crippen LogP) is 5.29. The summed E-state index contributed by atoms with van der Waals surface area (Å²) in [7, 11) is 0. The van der Waals surface area contributed by atoms with Crippen molar-refractivity contribution in [1.82, 2.24) is 0 Å². The molecule has 1 atom stereocenters. The topological polar surface area (TPSA) is 26.3 Å². The molecule has 0 aliphatic rings. The molecule has 0 amide bonds. The summed E-state index contributed by atoms with van der Waals surface area (Å²) in [5.41, 5.74) is -0.546. The standard InChI is InChI=1S/C17H34O2/c1-5-8-9-10-11-12-13-14-15-16(18)17(4,6-2)19-7-3/h5-15H2,1-4H3. The maximum absolute atomic E-state index is 12.1. The molecule has 2 nitrogen and oxygen atoms in total. The lowest BCUT2D eigenvalue weighted by molar-refractivity contribution is -0.142. The first-order valence-corrected chi connectivity index (χ1v) is 8.28. The molecule has 0 heterocycles. The first kappa shape index (κ1) is 18.6. The van der Waals surface area contributed by atoms with E-state index in [9.17, 15) is 4.79 Å². The monoisotopic (exact) mass is 270 g/mol. The van der Waals surface area contributed by atoms with Gasteiger partial charge in [0.2, 0.25) is 0 Å². The van der Waals surface area contributed by atoms with Crippen molar-refractivity contribution in [3.05, 3.63) is 0 Å². The first-order valence-electron chi connectivity index (χ1n) is 8.28. The number of unbranched alkanes of at least 4 members (excludes halogenated alkanes) is 7. The Morgan fingerprint density at radius 1 is 0.895 bits per heavy atom. The number of carbonyl (C=O) groups excluding carboxylic acids is 1. The van der Waals surface area contributed by atoms with E-state index in [0.29, 0.717) is 13.0 Å². The van der Waals surface area contributed by atoms with E-state index < -0.39 is 5.60 Å². The van der Waals surface area contributed by atoms with Crippen molar-refractivity contribution >= 4 is 5.78 Å². The van der Waals surface area contributed by atoms with E-state index in [1.165, 1.54) is 44.9 Å². The molecule has 0 N–H and O–H groups in total. The van der Waals surface area contributed by atoms with Crippen LogP contribution >= 0.6 is 0 Å². The maximum atomic E-state index is 12.1. The molecule has 114 valence electrons. The fraction of sp³-hybridized carbons (Fsp3) is 0.941. The van der Waals surface area contributed by atoms with Gasteiger partial charge in [0.1, 0.15) is 5.60 Å². The average Bonchev–Trinajstić information content (AvgIpc) is 2.41. The quantitative estimate of drug-likeness (QED) is 0.425. The van der Waals surface area contributed by atoms with Gasteiger partial charge < -0.3 is 4.74 Å². The smallest absolute Gasteiger partial charge is 0.164 e. The van der Waals surface area contributed by atoms with Crippen molar-refractivity contribution in [3.63, 3.8) is 0 Å². The van der Waals surface area contributed by atoms with Crippen molar-refractivity contribution < 1.29 is 9.53 Å². The Labute approximate surface area is 120 Å². The molecule has 0 fully saturated rings. The van der Waals surface area contributed by atoms with Crippen LogP contribution in [0.5, 0.6) is 0 Å². The largest absolute Gasteiger partial charge is 0.368 e. The molecule has 0 aliphatic carbocycles. The van der Waals surface area contributed by atoms with Crippen LogP contribution < -0.4 is 0 Å². The van der Waals surface area contributed by atoms with Gasteiger partial charge in [-0.05, 0) is 26.7 Å². The van der Waals surface area contributed by atoms with Crippen LogP contribution in [0.15, 0.2) is 0 Å². The van der Waals surface area contributed by atoms with Crippen LogP contribution in [0.1, 0.15) is 91.9 Å². The van der Waals surface area contributed by atoms with Gasteiger partial charge in [0.25, 0.3) is 0 Å². The Morgan fingerprint density at radius 3 is 1.89 bits per heavy atom. The first-order chi connectivity index (χ1) is 9.10. The average molecular weight is 270 g/mol. The van der Waals surface area contributed by atoms with Gasteiger partial charge in [-0.1, -0.05) is 58.8 Å².